The number of halogens is 2. The van der Waals surface area contributed by atoms with Gasteiger partial charge in [-0.25, -0.2) is 8.78 Å². The first-order chi connectivity index (χ1) is 9.58. The van der Waals surface area contributed by atoms with Crippen LogP contribution < -0.4 is 10.1 Å². The van der Waals surface area contributed by atoms with Crippen LogP contribution in [0.4, 0.5) is 8.78 Å². The van der Waals surface area contributed by atoms with E-state index in [9.17, 15) is 8.78 Å². The molecule has 0 radical (unpaired) electrons. The van der Waals surface area contributed by atoms with Crippen LogP contribution in [0.2, 0.25) is 0 Å². The molecule has 2 nitrogen and oxygen atoms in total. The Bertz CT molecular complexity index is 613. The SMILES string of the molecule is CNC(c1ccc(F)cc1C)c1c(F)cccc1OC. The molecule has 0 saturated heterocycles. The Hall–Kier alpha value is -1.94. The monoisotopic (exact) mass is 277 g/mol. The molecule has 2 aromatic rings. The number of hydrogen-bond donors (Lipinski definition) is 1. The second-order valence-corrected chi connectivity index (χ2v) is 4.58. The van der Waals surface area contributed by atoms with Crippen LogP contribution in [0.25, 0.3) is 0 Å². The van der Waals surface area contributed by atoms with Gasteiger partial charge in [0.1, 0.15) is 17.4 Å². The number of aryl methyl sites for hydroxylation is 1. The Kier molecular flexibility index (Phi) is 4.35. The highest BCUT2D eigenvalue weighted by atomic mass is 19.1. The Labute approximate surface area is 117 Å². The van der Waals surface area contributed by atoms with Gasteiger partial charge in [-0.2, -0.15) is 0 Å². The van der Waals surface area contributed by atoms with Crippen LogP contribution in [0, 0.1) is 18.6 Å². The van der Waals surface area contributed by atoms with Crippen molar-refractivity contribution in [3.63, 3.8) is 0 Å². The molecule has 0 aliphatic carbocycles. The molecule has 1 N–H and O–H groups in total. The molecule has 106 valence electrons. The summed E-state index contributed by atoms with van der Waals surface area (Å²) in [5.74, 6) is -0.192. The minimum atomic E-state index is -0.397. The van der Waals surface area contributed by atoms with E-state index >= 15 is 0 Å². The molecule has 0 aliphatic heterocycles. The van der Waals surface area contributed by atoms with Crippen molar-refractivity contribution in [3.8, 4) is 5.75 Å². The fourth-order valence-corrected chi connectivity index (χ4v) is 2.39. The third kappa shape index (κ3) is 2.65. The van der Waals surface area contributed by atoms with Gasteiger partial charge < -0.3 is 10.1 Å². The van der Waals surface area contributed by atoms with E-state index in [0.29, 0.717) is 11.3 Å². The van der Waals surface area contributed by atoms with Crippen LogP contribution in [0.1, 0.15) is 22.7 Å². The van der Waals surface area contributed by atoms with Gasteiger partial charge in [-0.1, -0.05) is 12.1 Å². The van der Waals surface area contributed by atoms with Gasteiger partial charge >= 0.3 is 0 Å². The van der Waals surface area contributed by atoms with Gasteiger partial charge in [-0.15, -0.1) is 0 Å². The molecule has 0 fully saturated rings. The lowest BCUT2D eigenvalue weighted by Crippen LogP contribution is -2.21. The molecule has 0 aromatic heterocycles. The van der Waals surface area contributed by atoms with E-state index in [-0.39, 0.29) is 11.6 Å². The molecule has 0 heterocycles. The van der Waals surface area contributed by atoms with Crippen LogP contribution in [-0.2, 0) is 0 Å². The lowest BCUT2D eigenvalue weighted by molar-refractivity contribution is 0.398. The highest BCUT2D eigenvalue weighted by Crippen LogP contribution is 2.33. The van der Waals surface area contributed by atoms with Crippen LogP contribution >= 0.6 is 0 Å². The van der Waals surface area contributed by atoms with Crippen molar-refractivity contribution < 1.29 is 13.5 Å². The van der Waals surface area contributed by atoms with E-state index in [1.54, 1.807) is 32.2 Å². The van der Waals surface area contributed by atoms with E-state index in [1.807, 2.05) is 0 Å². The lowest BCUT2D eigenvalue weighted by Gasteiger charge is -2.22. The van der Waals surface area contributed by atoms with Crippen molar-refractivity contribution in [2.45, 2.75) is 13.0 Å². The van der Waals surface area contributed by atoms with Gasteiger partial charge in [-0.3, -0.25) is 0 Å². The fraction of sp³-hybridized carbons (Fsp3) is 0.250. The van der Waals surface area contributed by atoms with Crippen molar-refractivity contribution in [3.05, 3.63) is 64.7 Å². The summed E-state index contributed by atoms with van der Waals surface area (Å²) in [7, 11) is 3.24. The zero-order valence-electron chi connectivity index (χ0n) is 11.7. The third-order valence-corrected chi connectivity index (χ3v) is 3.35. The van der Waals surface area contributed by atoms with Crippen LogP contribution in [0.15, 0.2) is 36.4 Å². The normalized spacial score (nSPS) is 12.2. The molecule has 1 atom stereocenters. The standard InChI is InChI=1S/C16H17F2NO/c1-10-9-11(17)7-8-12(10)16(19-2)15-13(18)5-4-6-14(15)20-3/h4-9,16,19H,1-3H3. The number of rotatable bonds is 4. The first kappa shape index (κ1) is 14.5. The topological polar surface area (TPSA) is 21.3 Å². The molecule has 0 aliphatic rings. The average molecular weight is 277 g/mol. The molecule has 0 saturated carbocycles. The van der Waals surface area contributed by atoms with Gasteiger partial charge in [0.25, 0.3) is 0 Å². The largest absolute Gasteiger partial charge is 0.496 e. The molecular weight excluding hydrogens is 260 g/mol. The molecule has 4 heteroatoms. The van der Waals surface area contributed by atoms with E-state index in [1.165, 1.54) is 25.3 Å². The zero-order chi connectivity index (χ0) is 14.7. The van der Waals surface area contributed by atoms with E-state index in [2.05, 4.69) is 5.32 Å². The number of ether oxygens (including phenoxy) is 1. The van der Waals surface area contributed by atoms with E-state index in [0.717, 1.165) is 11.1 Å². The number of hydrogen-bond acceptors (Lipinski definition) is 2. The summed E-state index contributed by atoms with van der Waals surface area (Å²) in [5.41, 5.74) is 2.00. The van der Waals surface area contributed by atoms with Crippen molar-refractivity contribution in [2.24, 2.45) is 0 Å². The predicted molar refractivity (Wildman–Crippen MR) is 75.0 cm³/mol. The molecule has 0 spiro atoms. The van der Waals surface area contributed by atoms with Crippen LogP contribution in [-0.4, -0.2) is 14.2 Å². The summed E-state index contributed by atoms with van der Waals surface area (Å²) in [6, 6.07) is 8.78. The summed E-state index contributed by atoms with van der Waals surface area (Å²) in [6.45, 7) is 1.80. The van der Waals surface area contributed by atoms with Crippen molar-refractivity contribution in [1.82, 2.24) is 5.32 Å². The maximum Gasteiger partial charge on any atom is 0.132 e. The second kappa shape index (κ2) is 6.01. The average Bonchev–Trinajstić information content (AvgIpc) is 2.43. The molecular formula is C16H17F2NO. The van der Waals surface area contributed by atoms with Gasteiger partial charge in [0, 0.05) is 0 Å². The minimum absolute atomic E-state index is 0.304. The summed E-state index contributed by atoms with van der Waals surface area (Å²) in [5, 5.41) is 3.07. The Morgan fingerprint density at radius 1 is 1.15 bits per heavy atom. The minimum Gasteiger partial charge on any atom is -0.496 e. The highest BCUT2D eigenvalue weighted by molar-refractivity contribution is 5.44. The quantitative estimate of drug-likeness (QED) is 0.922. The van der Waals surface area contributed by atoms with Crippen molar-refractivity contribution in [1.29, 1.82) is 0 Å². The van der Waals surface area contributed by atoms with Gasteiger partial charge in [0.2, 0.25) is 0 Å². The van der Waals surface area contributed by atoms with Gasteiger partial charge in [0.05, 0.1) is 18.7 Å². The van der Waals surface area contributed by atoms with Crippen molar-refractivity contribution >= 4 is 0 Å². The van der Waals surface area contributed by atoms with E-state index in [4.69, 9.17) is 4.74 Å². The zero-order valence-corrected chi connectivity index (χ0v) is 11.7. The Balaban J connectivity index is 2.58. The van der Waals surface area contributed by atoms with Gasteiger partial charge in [-0.05, 0) is 49.4 Å². The molecule has 2 aromatic carbocycles. The number of methoxy groups -OCH3 is 1. The maximum atomic E-state index is 14.2. The maximum absolute atomic E-state index is 14.2. The smallest absolute Gasteiger partial charge is 0.132 e. The number of nitrogens with one attached hydrogen (secondary N) is 1. The van der Waals surface area contributed by atoms with Crippen LogP contribution in [0.3, 0.4) is 0 Å². The second-order valence-electron chi connectivity index (χ2n) is 4.58. The summed E-state index contributed by atoms with van der Waals surface area (Å²) >= 11 is 0. The Morgan fingerprint density at radius 3 is 2.50 bits per heavy atom. The van der Waals surface area contributed by atoms with Gasteiger partial charge in [0.15, 0.2) is 0 Å². The first-order valence-electron chi connectivity index (χ1n) is 6.34. The molecule has 2 rings (SSSR count). The predicted octanol–water partition coefficient (Wildman–Crippen LogP) is 3.59. The lowest BCUT2D eigenvalue weighted by atomic mass is 9.94. The number of benzene rings is 2. The third-order valence-electron chi connectivity index (χ3n) is 3.35. The molecule has 1 unspecified atom stereocenters. The highest BCUT2D eigenvalue weighted by Gasteiger charge is 2.22. The molecule has 20 heavy (non-hydrogen) atoms. The summed E-state index contributed by atoms with van der Waals surface area (Å²) in [4.78, 5) is 0. The van der Waals surface area contributed by atoms with E-state index < -0.39 is 6.04 Å². The van der Waals surface area contributed by atoms with Crippen molar-refractivity contribution in [2.75, 3.05) is 14.2 Å². The fourth-order valence-electron chi connectivity index (χ4n) is 2.39. The molecule has 0 amide bonds. The van der Waals surface area contributed by atoms with Crippen LogP contribution in [0.5, 0.6) is 5.75 Å². The first-order valence-corrected chi connectivity index (χ1v) is 6.34. The summed E-state index contributed by atoms with van der Waals surface area (Å²) < 4.78 is 32.6. The molecule has 0 bridgehead atoms. The summed E-state index contributed by atoms with van der Waals surface area (Å²) in [6.07, 6.45) is 0. The Morgan fingerprint density at radius 2 is 1.90 bits per heavy atom.